The maximum absolute atomic E-state index is 11.7. The van der Waals surface area contributed by atoms with Crippen molar-refractivity contribution in [1.82, 2.24) is 16.0 Å². The Morgan fingerprint density at radius 3 is 2.71 bits per heavy atom. The number of amides is 3. The zero-order chi connectivity index (χ0) is 9.76. The van der Waals surface area contributed by atoms with Crippen molar-refractivity contribution < 1.29 is 9.59 Å². The Balaban J connectivity index is 1.94. The van der Waals surface area contributed by atoms with E-state index in [1.165, 1.54) is 0 Å². The average molecular weight is 195 g/mol. The normalized spacial score (nSPS) is 45.4. The van der Waals surface area contributed by atoms with Gasteiger partial charge in [-0.25, -0.2) is 4.79 Å². The van der Waals surface area contributed by atoms with E-state index in [0.717, 1.165) is 19.4 Å². The number of piperidine rings is 1. The molecule has 1 aliphatic carbocycles. The minimum atomic E-state index is -0.592. The van der Waals surface area contributed by atoms with Crippen LogP contribution in [0, 0.1) is 5.92 Å². The molecule has 14 heavy (non-hydrogen) atoms. The van der Waals surface area contributed by atoms with E-state index in [0.29, 0.717) is 18.4 Å². The van der Waals surface area contributed by atoms with Gasteiger partial charge in [0.1, 0.15) is 5.54 Å². The molecule has 3 aliphatic rings. The number of nitrogens with one attached hydrogen (secondary N) is 3. The van der Waals surface area contributed by atoms with Crippen LogP contribution in [0.15, 0.2) is 0 Å². The van der Waals surface area contributed by atoms with E-state index in [2.05, 4.69) is 16.0 Å². The molecule has 3 amide bonds. The first-order valence-corrected chi connectivity index (χ1v) is 5.09. The molecule has 1 spiro atoms. The second-order valence-corrected chi connectivity index (χ2v) is 4.37. The molecule has 3 atom stereocenters. The fraction of sp³-hybridized carbons (Fsp3) is 0.778. The topological polar surface area (TPSA) is 70.2 Å². The molecule has 3 fully saturated rings. The number of imide groups is 1. The third-order valence-electron chi connectivity index (χ3n) is 3.80. The van der Waals surface area contributed by atoms with Crippen LogP contribution in [0.1, 0.15) is 19.3 Å². The van der Waals surface area contributed by atoms with Gasteiger partial charge in [0.15, 0.2) is 0 Å². The maximum Gasteiger partial charge on any atom is 0.322 e. The van der Waals surface area contributed by atoms with E-state index in [9.17, 15) is 9.59 Å². The molecule has 0 aromatic heterocycles. The Bertz CT molecular complexity index is 317. The first-order chi connectivity index (χ1) is 6.72. The molecule has 5 nitrogen and oxygen atoms in total. The molecule has 0 bridgehead atoms. The van der Waals surface area contributed by atoms with Gasteiger partial charge in [-0.05, 0) is 25.8 Å². The lowest BCUT2D eigenvalue weighted by atomic mass is 9.63. The molecule has 2 heterocycles. The van der Waals surface area contributed by atoms with Crippen LogP contribution in [0.3, 0.4) is 0 Å². The molecule has 2 saturated heterocycles. The Labute approximate surface area is 81.6 Å². The second-order valence-electron chi connectivity index (χ2n) is 4.37. The fourth-order valence-electron chi connectivity index (χ4n) is 2.92. The SMILES string of the molecule is O=C1NC(=O)C2(CCNC3CCC32)N1. The van der Waals surface area contributed by atoms with Crippen LogP contribution in [0.4, 0.5) is 4.79 Å². The van der Waals surface area contributed by atoms with Crippen molar-refractivity contribution in [3.63, 3.8) is 0 Å². The molecule has 3 N–H and O–H groups in total. The lowest BCUT2D eigenvalue weighted by Crippen LogP contribution is -2.68. The van der Waals surface area contributed by atoms with Crippen LogP contribution in [-0.2, 0) is 4.79 Å². The Kier molecular flexibility index (Phi) is 1.45. The van der Waals surface area contributed by atoms with Gasteiger partial charge in [-0.15, -0.1) is 0 Å². The summed E-state index contributed by atoms with van der Waals surface area (Å²) in [4.78, 5) is 22.9. The van der Waals surface area contributed by atoms with Crippen LogP contribution in [-0.4, -0.2) is 30.1 Å². The van der Waals surface area contributed by atoms with Crippen molar-refractivity contribution in [2.45, 2.75) is 30.8 Å². The fourth-order valence-corrected chi connectivity index (χ4v) is 2.92. The van der Waals surface area contributed by atoms with Gasteiger partial charge in [-0.2, -0.15) is 0 Å². The molecular weight excluding hydrogens is 182 g/mol. The van der Waals surface area contributed by atoms with E-state index in [-0.39, 0.29) is 11.9 Å². The van der Waals surface area contributed by atoms with E-state index < -0.39 is 5.54 Å². The number of carbonyl (C=O) groups is 2. The summed E-state index contributed by atoms with van der Waals surface area (Å²) in [5, 5.41) is 8.53. The molecule has 76 valence electrons. The summed E-state index contributed by atoms with van der Waals surface area (Å²) in [7, 11) is 0. The Morgan fingerprint density at radius 2 is 2.14 bits per heavy atom. The molecular formula is C9H13N3O2. The highest BCUT2D eigenvalue weighted by Crippen LogP contribution is 2.42. The summed E-state index contributed by atoms with van der Waals surface area (Å²) in [5.74, 6) is 0.168. The lowest BCUT2D eigenvalue weighted by molar-refractivity contribution is -0.129. The van der Waals surface area contributed by atoms with Crippen molar-refractivity contribution in [2.24, 2.45) is 5.92 Å². The molecule has 0 aromatic carbocycles. The molecule has 0 radical (unpaired) electrons. The molecule has 3 unspecified atom stereocenters. The minimum absolute atomic E-state index is 0.126. The summed E-state index contributed by atoms with van der Waals surface area (Å²) in [6.07, 6.45) is 2.87. The lowest BCUT2D eigenvalue weighted by Gasteiger charge is -2.50. The van der Waals surface area contributed by atoms with Crippen molar-refractivity contribution >= 4 is 11.9 Å². The number of rotatable bonds is 0. The summed E-state index contributed by atoms with van der Waals surface area (Å²) < 4.78 is 0. The van der Waals surface area contributed by atoms with Gasteiger partial charge in [0.25, 0.3) is 5.91 Å². The zero-order valence-electron chi connectivity index (χ0n) is 7.80. The second kappa shape index (κ2) is 2.48. The smallest absolute Gasteiger partial charge is 0.322 e. The van der Waals surface area contributed by atoms with E-state index in [4.69, 9.17) is 0 Å². The molecule has 2 aliphatic heterocycles. The highest BCUT2D eigenvalue weighted by molar-refractivity contribution is 6.07. The Hall–Kier alpha value is -1.10. The first-order valence-electron chi connectivity index (χ1n) is 5.09. The van der Waals surface area contributed by atoms with Crippen molar-refractivity contribution in [2.75, 3.05) is 6.54 Å². The summed E-state index contributed by atoms with van der Waals surface area (Å²) in [6.45, 7) is 0.814. The maximum atomic E-state index is 11.7. The van der Waals surface area contributed by atoms with Gasteiger partial charge >= 0.3 is 6.03 Å². The number of fused-ring (bicyclic) bond motifs is 2. The minimum Gasteiger partial charge on any atom is -0.323 e. The van der Waals surface area contributed by atoms with Crippen molar-refractivity contribution in [3.8, 4) is 0 Å². The van der Waals surface area contributed by atoms with Crippen LogP contribution in [0.25, 0.3) is 0 Å². The molecule has 0 aromatic rings. The third-order valence-corrected chi connectivity index (χ3v) is 3.80. The average Bonchev–Trinajstić information content (AvgIpc) is 2.32. The summed E-state index contributed by atoms with van der Waals surface area (Å²) >= 11 is 0. The molecule has 5 heteroatoms. The van der Waals surface area contributed by atoms with Gasteiger partial charge < -0.3 is 10.6 Å². The van der Waals surface area contributed by atoms with E-state index >= 15 is 0 Å². The molecule has 1 saturated carbocycles. The Morgan fingerprint density at radius 1 is 1.29 bits per heavy atom. The van der Waals surface area contributed by atoms with E-state index in [1.807, 2.05) is 0 Å². The van der Waals surface area contributed by atoms with Crippen LogP contribution in [0.5, 0.6) is 0 Å². The predicted molar refractivity (Wildman–Crippen MR) is 48.5 cm³/mol. The van der Waals surface area contributed by atoms with Gasteiger partial charge in [0.05, 0.1) is 0 Å². The van der Waals surface area contributed by atoms with Crippen molar-refractivity contribution in [1.29, 1.82) is 0 Å². The van der Waals surface area contributed by atoms with Gasteiger partial charge in [0.2, 0.25) is 0 Å². The number of hydrogen-bond donors (Lipinski definition) is 3. The summed E-state index contributed by atoms with van der Waals surface area (Å²) in [5.41, 5.74) is -0.592. The van der Waals surface area contributed by atoms with Crippen LogP contribution < -0.4 is 16.0 Å². The quantitative estimate of drug-likeness (QED) is 0.449. The van der Waals surface area contributed by atoms with E-state index in [1.54, 1.807) is 0 Å². The monoisotopic (exact) mass is 195 g/mol. The van der Waals surface area contributed by atoms with Crippen LogP contribution in [0.2, 0.25) is 0 Å². The number of urea groups is 1. The van der Waals surface area contributed by atoms with Crippen LogP contribution >= 0.6 is 0 Å². The van der Waals surface area contributed by atoms with Gasteiger partial charge in [-0.3, -0.25) is 10.1 Å². The number of hydrogen-bond acceptors (Lipinski definition) is 3. The first kappa shape index (κ1) is 8.23. The summed E-state index contributed by atoms with van der Waals surface area (Å²) in [6, 6.07) is 0.0930. The standard InChI is InChI=1S/C9H13N3O2/c13-7-9(12-8(14)11-7)3-4-10-6-2-1-5(6)9/h5-6,10H,1-4H2,(H2,11,12,13,14). The highest BCUT2D eigenvalue weighted by Gasteiger charge is 2.58. The number of carbonyl (C=O) groups excluding carboxylic acids is 2. The largest absolute Gasteiger partial charge is 0.323 e. The molecule has 3 rings (SSSR count). The highest BCUT2D eigenvalue weighted by atomic mass is 16.2. The van der Waals surface area contributed by atoms with Crippen molar-refractivity contribution in [3.05, 3.63) is 0 Å². The van der Waals surface area contributed by atoms with Gasteiger partial charge in [-0.1, -0.05) is 0 Å². The van der Waals surface area contributed by atoms with Gasteiger partial charge in [0, 0.05) is 12.0 Å². The zero-order valence-corrected chi connectivity index (χ0v) is 7.80. The third kappa shape index (κ3) is 0.829. The predicted octanol–water partition coefficient (Wildman–Crippen LogP) is -0.663.